The fraction of sp³-hybridized carbons (Fsp3) is 0.556. The van der Waals surface area contributed by atoms with Crippen LogP contribution in [0.1, 0.15) is 42.5 Å². The van der Waals surface area contributed by atoms with E-state index in [-0.39, 0.29) is 18.5 Å². The molecule has 0 radical (unpaired) electrons. The first-order valence-corrected chi connectivity index (χ1v) is 8.33. The van der Waals surface area contributed by atoms with Crippen LogP contribution in [0.2, 0.25) is 0 Å². The van der Waals surface area contributed by atoms with Gasteiger partial charge in [0.15, 0.2) is 0 Å². The van der Waals surface area contributed by atoms with E-state index in [1.165, 1.54) is 0 Å². The van der Waals surface area contributed by atoms with Gasteiger partial charge in [0.2, 0.25) is 0 Å². The highest BCUT2D eigenvalue weighted by molar-refractivity contribution is 5.99. The molecule has 0 bridgehead atoms. The van der Waals surface area contributed by atoms with Gasteiger partial charge >= 0.3 is 5.97 Å². The van der Waals surface area contributed by atoms with Gasteiger partial charge in [-0.15, -0.1) is 0 Å². The molecule has 1 aromatic carbocycles. The monoisotopic (exact) mass is 333 g/mol. The number of carbonyl (C=O) groups excluding carboxylic acids is 2. The van der Waals surface area contributed by atoms with E-state index in [0.717, 1.165) is 19.3 Å². The number of ether oxygens (including phenoxy) is 3. The summed E-state index contributed by atoms with van der Waals surface area (Å²) in [7, 11) is 3.09. The predicted molar refractivity (Wildman–Crippen MR) is 87.4 cm³/mol. The summed E-state index contributed by atoms with van der Waals surface area (Å²) in [6.45, 7) is 0.664. The maximum absolute atomic E-state index is 13.2. The van der Waals surface area contributed by atoms with Crippen molar-refractivity contribution in [1.82, 2.24) is 4.90 Å². The zero-order valence-corrected chi connectivity index (χ0v) is 14.2. The second-order valence-corrected chi connectivity index (χ2v) is 6.29. The fourth-order valence-electron chi connectivity index (χ4n) is 3.68. The molecule has 24 heavy (non-hydrogen) atoms. The van der Waals surface area contributed by atoms with Gasteiger partial charge in [-0.25, -0.2) is 4.79 Å². The van der Waals surface area contributed by atoms with Gasteiger partial charge in [-0.05, 0) is 25.0 Å². The van der Waals surface area contributed by atoms with Crippen molar-refractivity contribution in [3.05, 3.63) is 23.8 Å². The lowest BCUT2D eigenvalue weighted by atomic mass is 9.79. The number of amides is 1. The summed E-state index contributed by atoms with van der Waals surface area (Å²) < 4.78 is 15.8. The summed E-state index contributed by atoms with van der Waals surface area (Å²) in [4.78, 5) is 27.4. The number of nitrogens with zero attached hydrogens (tertiary/aromatic N) is 1. The first-order valence-electron chi connectivity index (χ1n) is 8.33. The van der Waals surface area contributed by atoms with Crippen molar-refractivity contribution in [3.8, 4) is 11.5 Å². The Morgan fingerprint density at radius 2 is 1.71 bits per heavy atom. The average Bonchev–Trinajstić information content (AvgIpc) is 2.64. The van der Waals surface area contributed by atoms with Crippen molar-refractivity contribution in [3.63, 3.8) is 0 Å². The first-order chi connectivity index (χ1) is 11.6. The Bertz CT molecular complexity index is 614. The molecule has 0 unspecified atom stereocenters. The van der Waals surface area contributed by atoms with Crippen molar-refractivity contribution >= 4 is 11.9 Å². The molecule has 1 saturated carbocycles. The summed E-state index contributed by atoms with van der Waals surface area (Å²) in [6, 6.07) is 5.08. The summed E-state index contributed by atoms with van der Waals surface area (Å²) in [5, 5.41) is 0. The number of methoxy groups -OCH3 is 2. The molecule has 2 aliphatic rings. The highest BCUT2D eigenvalue weighted by Gasteiger charge is 2.50. The minimum absolute atomic E-state index is 0.175. The highest BCUT2D eigenvalue weighted by Crippen LogP contribution is 2.38. The van der Waals surface area contributed by atoms with Crippen molar-refractivity contribution < 1.29 is 23.8 Å². The fourth-order valence-corrected chi connectivity index (χ4v) is 3.68. The zero-order valence-electron chi connectivity index (χ0n) is 14.2. The maximum atomic E-state index is 13.2. The smallest absolute Gasteiger partial charge is 0.332 e. The highest BCUT2D eigenvalue weighted by atomic mass is 16.5. The van der Waals surface area contributed by atoms with Crippen molar-refractivity contribution in [1.29, 1.82) is 0 Å². The van der Waals surface area contributed by atoms with Gasteiger partial charge in [0.25, 0.3) is 5.91 Å². The quantitative estimate of drug-likeness (QED) is 0.795. The number of cyclic esters (lactones) is 1. The van der Waals surface area contributed by atoms with E-state index in [2.05, 4.69) is 0 Å². The van der Waals surface area contributed by atoms with E-state index in [9.17, 15) is 9.59 Å². The van der Waals surface area contributed by atoms with Gasteiger partial charge in [0.1, 0.15) is 23.6 Å². The minimum atomic E-state index is -0.816. The van der Waals surface area contributed by atoms with Gasteiger partial charge in [0, 0.05) is 11.6 Å². The Labute approximate surface area is 141 Å². The van der Waals surface area contributed by atoms with Gasteiger partial charge in [-0.2, -0.15) is 0 Å². The van der Waals surface area contributed by atoms with Crippen molar-refractivity contribution in [2.75, 3.05) is 27.4 Å². The molecule has 130 valence electrons. The molecule has 2 fully saturated rings. The number of hydrogen-bond acceptors (Lipinski definition) is 5. The average molecular weight is 333 g/mol. The van der Waals surface area contributed by atoms with Crippen LogP contribution in [0.15, 0.2) is 18.2 Å². The van der Waals surface area contributed by atoms with Gasteiger partial charge in [-0.3, -0.25) is 4.79 Å². The molecule has 6 nitrogen and oxygen atoms in total. The molecular formula is C18H23NO5. The Hall–Kier alpha value is -2.24. The summed E-state index contributed by atoms with van der Waals surface area (Å²) >= 11 is 0. The topological polar surface area (TPSA) is 65.1 Å². The molecule has 3 rings (SSSR count). The van der Waals surface area contributed by atoms with Crippen LogP contribution in [0.4, 0.5) is 0 Å². The van der Waals surface area contributed by atoms with Crippen LogP contribution in [0.25, 0.3) is 0 Å². The van der Waals surface area contributed by atoms with E-state index >= 15 is 0 Å². The summed E-state index contributed by atoms with van der Waals surface area (Å²) in [5.74, 6) is 0.660. The number of rotatable bonds is 3. The standard InChI is InChI=1S/C18H23NO5/c1-22-14-10-13(11-15(12-14)23-2)16(20)19-8-9-24-17(21)18(19)6-4-3-5-7-18/h10-12H,3-9H2,1-2H3. The number of hydrogen-bond donors (Lipinski definition) is 0. The van der Waals surface area contributed by atoms with E-state index in [1.54, 1.807) is 37.3 Å². The van der Waals surface area contributed by atoms with Crippen molar-refractivity contribution in [2.45, 2.75) is 37.6 Å². The van der Waals surface area contributed by atoms with Gasteiger partial charge in [0.05, 0.1) is 20.8 Å². The van der Waals surface area contributed by atoms with Crippen LogP contribution in [0, 0.1) is 0 Å². The molecule has 1 spiro atoms. The lowest BCUT2D eigenvalue weighted by molar-refractivity contribution is -0.168. The Morgan fingerprint density at radius 3 is 2.29 bits per heavy atom. The maximum Gasteiger partial charge on any atom is 0.332 e. The number of esters is 1. The minimum Gasteiger partial charge on any atom is -0.497 e. The van der Waals surface area contributed by atoms with Crippen molar-refractivity contribution in [2.24, 2.45) is 0 Å². The lowest BCUT2D eigenvalue weighted by Gasteiger charge is -2.47. The third-order valence-electron chi connectivity index (χ3n) is 4.97. The molecule has 0 atom stereocenters. The molecule has 1 aliphatic heterocycles. The molecule has 0 N–H and O–H groups in total. The van der Waals surface area contributed by atoms with Crippen LogP contribution in [0.3, 0.4) is 0 Å². The van der Waals surface area contributed by atoms with Crippen LogP contribution in [0.5, 0.6) is 11.5 Å². The Balaban J connectivity index is 1.96. The first kappa shape index (κ1) is 16.6. The normalized spacial score (nSPS) is 19.8. The lowest BCUT2D eigenvalue weighted by Crippen LogP contribution is -2.62. The Morgan fingerprint density at radius 1 is 1.08 bits per heavy atom. The Kier molecular flexibility index (Phi) is 4.64. The van der Waals surface area contributed by atoms with Crippen LogP contribution < -0.4 is 9.47 Å². The molecule has 1 aromatic rings. The number of benzene rings is 1. The SMILES string of the molecule is COc1cc(OC)cc(C(=O)N2CCOC(=O)C23CCCCC3)c1. The van der Waals surface area contributed by atoms with E-state index in [4.69, 9.17) is 14.2 Å². The second kappa shape index (κ2) is 6.71. The number of morpholine rings is 1. The second-order valence-electron chi connectivity index (χ2n) is 6.29. The molecule has 6 heteroatoms. The third-order valence-corrected chi connectivity index (χ3v) is 4.97. The van der Waals surface area contributed by atoms with Gasteiger partial charge in [-0.1, -0.05) is 19.3 Å². The van der Waals surface area contributed by atoms with Crippen LogP contribution in [-0.2, 0) is 9.53 Å². The van der Waals surface area contributed by atoms with Gasteiger partial charge < -0.3 is 19.1 Å². The molecule has 0 aromatic heterocycles. The molecular weight excluding hydrogens is 310 g/mol. The molecule has 1 amide bonds. The largest absolute Gasteiger partial charge is 0.497 e. The van der Waals surface area contributed by atoms with Crippen LogP contribution in [-0.4, -0.2) is 49.7 Å². The zero-order chi connectivity index (χ0) is 17.2. The van der Waals surface area contributed by atoms with Crippen LogP contribution >= 0.6 is 0 Å². The van der Waals surface area contributed by atoms with E-state index in [1.807, 2.05) is 0 Å². The summed E-state index contributed by atoms with van der Waals surface area (Å²) in [6.07, 6.45) is 4.28. The van der Waals surface area contributed by atoms with E-state index in [0.29, 0.717) is 36.4 Å². The molecule has 1 aliphatic carbocycles. The summed E-state index contributed by atoms with van der Waals surface area (Å²) in [5.41, 5.74) is -0.352. The van der Waals surface area contributed by atoms with E-state index < -0.39 is 5.54 Å². The third kappa shape index (κ3) is 2.81. The molecule has 1 saturated heterocycles. The molecule has 1 heterocycles. The predicted octanol–water partition coefficient (Wildman–Crippen LogP) is 2.41. The number of carbonyl (C=O) groups is 2.